The zero-order valence-electron chi connectivity index (χ0n) is 18.9. The van der Waals surface area contributed by atoms with E-state index in [-0.39, 0.29) is 31.3 Å². The number of ether oxygens (including phenoxy) is 6. The van der Waals surface area contributed by atoms with Gasteiger partial charge in [0.15, 0.2) is 23.0 Å². The predicted molar refractivity (Wildman–Crippen MR) is 122 cm³/mol. The molecule has 0 unspecified atom stereocenters. The summed E-state index contributed by atoms with van der Waals surface area (Å²) in [4.78, 5) is 2.50. The normalized spacial score (nSPS) is 20.9. The van der Waals surface area contributed by atoms with Crippen LogP contribution in [-0.2, 0) is 17.8 Å². The van der Waals surface area contributed by atoms with Crippen molar-refractivity contribution >= 4 is 12.4 Å². The summed E-state index contributed by atoms with van der Waals surface area (Å²) in [5.41, 5.74) is 4.56. The smallest absolute Gasteiger partial charge is 0.231 e. The third-order valence-electron chi connectivity index (χ3n) is 6.50. The monoisotopic (exact) mass is 463 g/mol. The van der Waals surface area contributed by atoms with Crippen molar-refractivity contribution in [3.05, 3.63) is 40.5 Å². The molecule has 0 aromatic heterocycles. The van der Waals surface area contributed by atoms with Gasteiger partial charge in [0.2, 0.25) is 12.5 Å². The molecule has 0 amide bonds. The highest BCUT2D eigenvalue weighted by Crippen LogP contribution is 2.55. The molecule has 7 nitrogen and oxygen atoms in total. The van der Waals surface area contributed by atoms with E-state index < -0.39 is 0 Å². The number of hydrogen-bond acceptors (Lipinski definition) is 7. The molecule has 3 heterocycles. The van der Waals surface area contributed by atoms with Gasteiger partial charge in [-0.05, 0) is 42.6 Å². The SMILES string of the molecule is CCCN1CCc2cc3c(c(OC)c2[C@@H]1[C@H]1OCc2c1ccc(OC)c2OC)OCO3.Cl. The van der Waals surface area contributed by atoms with Crippen molar-refractivity contribution in [1.82, 2.24) is 4.90 Å². The zero-order chi connectivity index (χ0) is 21.5. The Balaban J connectivity index is 0.00000245. The van der Waals surface area contributed by atoms with E-state index in [1.54, 1.807) is 21.3 Å². The molecular formula is C24H30ClNO6. The Morgan fingerprint density at radius 2 is 1.88 bits per heavy atom. The summed E-state index contributed by atoms with van der Waals surface area (Å²) in [6, 6.07) is 6.18. The molecule has 2 aromatic carbocycles. The largest absolute Gasteiger partial charge is 0.493 e. The van der Waals surface area contributed by atoms with E-state index in [1.165, 1.54) is 5.56 Å². The molecule has 3 aliphatic heterocycles. The van der Waals surface area contributed by atoms with E-state index in [2.05, 4.69) is 24.0 Å². The van der Waals surface area contributed by atoms with Crippen molar-refractivity contribution in [2.75, 3.05) is 41.2 Å². The standard InChI is InChI=1S/C24H29NO6.ClH/c1-5-9-25-10-8-14-11-18-23(31-13-30-18)24(28-4)19(14)20(25)22-15-6-7-17(26-2)21(27-3)16(15)12-29-22;/h6-7,11,20,22H,5,8-10,12-13H2,1-4H3;1H/t20-,22+;/m1./s1. The van der Waals surface area contributed by atoms with Crippen molar-refractivity contribution < 1.29 is 28.4 Å². The molecule has 0 saturated carbocycles. The Hall–Kier alpha value is -2.35. The first kappa shape index (κ1) is 22.8. The van der Waals surface area contributed by atoms with Gasteiger partial charge in [-0.3, -0.25) is 4.90 Å². The highest BCUT2D eigenvalue weighted by atomic mass is 35.5. The predicted octanol–water partition coefficient (Wildman–Crippen LogP) is 4.44. The summed E-state index contributed by atoms with van der Waals surface area (Å²) >= 11 is 0. The van der Waals surface area contributed by atoms with Crippen LogP contribution in [0.1, 0.15) is 47.7 Å². The number of halogens is 1. The maximum absolute atomic E-state index is 6.45. The van der Waals surface area contributed by atoms with Gasteiger partial charge in [-0.1, -0.05) is 13.0 Å². The van der Waals surface area contributed by atoms with Gasteiger partial charge in [-0.15, -0.1) is 12.4 Å². The lowest BCUT2D eigenvalue weighted by Crippen LogP contribution is -2.39. The van der Waals surface area contributed by atoms with Gasteiger partial charge >= 0.3 is 0 Å². The summed E-state index contributed by atoms with van der Waals surface area (Å²) in [5, 5.41) is 0. The van der Waals surface area contributed by atoms with Crippen molar-refractivity contribution in [2.45, 2.75) is 38.5 Å². The fraction of sp³-hybridized carbons (Fsp3) is 0.500. The van der Waals surface area contributed by atoms with Crippen molar-refractivity contribution in [2.24, 2.45) is 0 Å². The average Bonchev–Trinajstić information content (AvgIpc) is 3.43. The molecule has 2 atom stereocenters. The molecule has 0 fully saturated rings. The van der Waals surface area contributed by atoms with Gasteiger partial charge in [0, 0.05) is 17.7 Å². The number of hydrogen-bond donors (Lipinski definition) is 0. The van der Waals surface area contributed by atoms with Crippen LogP contribution in [0, 0.1) is 0 Å². The average molecular weight is 464 g/mol. The second-order valence-electron chi connectivity index (χ2n) is 8.05. The number of methoxy groups -OCH3 is 3. The number of benzene rings is 2. The van der Waals surface area contributed by atoms with Crippen molar-refractivity contribution in [1.29, 1.82) is 0 Å². The van der Waals surface area contributed by atoms with Crippen LogP contribution in [0.2, 0.25) is 0 Å². The first-order valence-electron chi connectivity index (χ1n) is 10.8. The van der Waals surface area contributed by atoms with Crippen LogP contribution >= 0.6 is 12.4 Å². The summed E-state index contributed by atoms with van der Waals surface area (Å²) in [7, 11) is 5.03. The Morgan fingerprint density at radius 3 is 2.59 bits per heavy atom. The van der Waals surface area contributed by atoms with E-state index >= 15 is 0 Å². The molecular weight excluding hydrogens is 434 g/mol. The van der Waals surface area contributed by atoms with Crippen LogP contribution < -0.4 is 23.7 Å². The molecule has 0 spiro atoms. The van der Waals surface area contributed by atoms with Crippen LogP contribution in [-0.4, -0.2) is 46.1 Å². The lowest BCUT2D eigenvalue weighted by Gasteiger charge is -2.41. The molecule has 8 heteroatoms. The van der Waals surface area contributed by atoms with Crippen molar-refractivity contribution in [3.63, 3.8) is 0 Å². The maximum atomic E-state index is 6.45. The second kappa shape index (κ2) is 9.25. The molecule has 0 N–H and O–H groups in total. The summed E-state index contributed by atoms with van der Waals surface area (Å²) in [6.07, 6.45) is 1.85. The van der Waals surface area contributed by atoms with E-state index in [0.717, 1.165) is 65.6 Å². The first-order valence-corrected chi connectivity index (χ1v) is 10.8. The molecule has 32 heavy (non-hydrogen) atoms. The van der Waals surface area contributed by atoms with E-state index in [0.29, 0.717) is 12.4 Å². The topological polar surface area (TPSA) is 58.6 Å². The first-order chi connectivity index (χ1) is 15.2. The van der Waals surface area contributed by atoms with Crippen LogP contribution in [0.4, 0.5) is 0 Å². The Kier molecular flexibility index (Phi) is 6.60. The van der Waals surface area contributed by atoms with Crippen molar-refractivity contribution in [3.8, 4) is 28.7 Å². The lowest BCUT2D eigenvalue weighted by molar-refractivity contribution is -0.0135. The van der Waals surface area contributed by atoms with E-state index in [1.807, 2.05) is 6.07 Å². The zero-order valence-corrected chi connectivity index (χ0v) is 19.8. The van der Waals surface area contributed by atoms with E-state index in [9.17, 15) is 0 Å². The molecule has 3 aliphatic rings. The quantitative estimate of drug-likeness (QED) is 0.627. The summed E-state index contributed by atoms with van der Waals surface area (Å²) in [5.74, 6) is 3.68. The van der Waals surface area contributed by atoms with Gasteiger partial charge in [-0.25, -0.2) is 0 Å². The van der Waals surface area contributed by atoms with Gasteiger partial charge in [0.25, 0.3) is 0 Å². The van der Waals surface area contributed by atoms with Gasteiger partial charge in [-0.2, -0.15) is 0 Å². The van der Waals surface area contributed by atoms with Gasteiger partial charge in [0.05, 0.1) is 34.0 Å². The molecule has 0 bridgehead atoms. The third-order valence-corrected chi connectivity index (χ3v) is 6.50. The maximum Gasteiger partial charge on any atom is 0.231 e. The minimum atomic E-state index is -0.144. The van der Waals surface area contributed by atoms with Crippen LogP contribution in [0.3, 0.4) is 0 Å². The number of nitrogens with zero attached hydrogens (tertiary/aromatic N) is 1. The highest BCUT2D eigenvalue weighted by molar-refractivity contribution is 5.85. The fourth-order valence-corrected chi connectivity index (χ4v) is 5.22. The minimum Gasteiger partial charge on any atom is -0.493 e. The fourth-order valence-electron chi connectivity index (χ4n) is 5.22. The molecule has 174 valence electrons. The Labute approximate surface area is 194 Å². The molecule has 5 rings (SSSR count). The molecule has 0 saturated heterocycles. The Bertz CT molecular complexity index is 997. The van der Waals surface area contributed by atoms with Crippen LogP contribution in [0.25, 0.3) is 0 Å². The molecule has 2 aromatic rings. The number of fused-ring (bicyclic) bond motifs is 3. The van der Waals surface area contributed by atoms with Crippen LogP contribution in [0.5, 0.6) is 28.7 Å². The highest BCUT2D eigenvalue weighted by Gasteiger charge is 2.43. The molecule has 0 radical (unpaired) electrons. The summed E-state index contributed by atoms with van der Waals surface area (Å²) < 4.78 is 35.0. The summed E-state index contributed by atoms with van der Waals surface area (Å²) in [6.45, 7) is 4.85. The lowest BCUT2D eigenvalue weighted by atomic mass is 9.85. The minimum absolute atomic E-state index is 0. The second-order valence-corrected chi connectivity index (χ2v) is 8.05. The Morgan fingerprint density at radius 1 is 1.06 bits per heavy atom. The molecule has 0 aliphatic carbocycles. The third kappa shape index (κ3) is 3.43. The number of rotatable bonds is 6. The van der Waals surface area contributed by atoms with Crippen LogP contribution in [0.15, 0.2) is 18.2 Å². The van der Waals surface area contributed by atoms with Gasteiger partial charge in [0.1, 0.15) is 6.10 Å². The van der Waals surface area contributed by atoms with Gasteiger partial charge < -0.3 is 28.4 Å². The van der Waals surface area contributed by atoms with E-state index in [4.69, 9.17) is 28.4 Å².